The third-order valence-corrected chi connectivity index (χ3v) is 3.90. The van der Waals surface area contributed by atoms with Crippen LogP contribution in [0.2, 0.25) is 0 Å². The Bertz CT molecular complexity index is 909. The van der Waals surface area contributed by atoms with Crippen molar-refractivity contribution in [1.82, 2.24) is 4.98 Å². The van der Waals surface area contributed by atoms with Gasteiger partial charge in [-0.25, -0.2) is 0 Å². The van der Waals surface area contributed by atoms with Crippen molar-refractivity contribution in [3.63, 3.8) is 0 Å². The van der Waals surface area contributed by atoms with E-state index in [1.54, 1.807) is 31.5 Å². The zero-order valence-electron chi connectivity index (χ0n) is 14.8. The number of nitrogens with zero attached hydrogens (tertiary/aromatic N) is 1. The summed E-state index contributed by atoms with van der Waals surface area (Å²) in [5.74, 6) is 0.418. The van der Waals surface area contributed by atoms with Crippen LogP contribution in [0.15, 0.2) is 66.9 Å². The summed E-state index contributed by atoms with van der Waals surface area (Å²) in [5.41, 5.74) is 4.26. The van der Waals surface area contributed by atoms with Crippen molar-refractivity contribution in [1.29, 1.82) is 0 Å². The Balaban J connectivity index is 1.67. The van der Waals surface area contributed by atoms with E-state index in [9.17, 15) is 4.79 Å². The first-order valence-corrected chi connectivity index (χ1v) is 8.35. The van der Waals surface area contributed by atoms with Gasteiger partial charge in [0.05, 0.1) is 7.11 Å². The second-order valence-corrected chi connectivity index (χ2v) is 5.96. The largest absolute Gasteiger partial charge is 0.497 e. The van der Waals surface area contributed by atoms with Gasteiger partial charge < -0.3 is 15.4 Å². The average Bonchev–Trinajstić information content (AvgIpc) is 2.67. The minimum absolute atomic E-state index is 0.266. The number of amides is 1. The third kappa shape index (κ3) is 4.60. The monoisotopic (exact) mass is 347 g/mol. The molecule has 0 radical (unpaired) electrons. The zero-order chi connectivity index (χ0) is 18.4. The predicted octanol–water partition coefficient (Wildman–Crippen LogP) is 4.26. The van der Waals surface area contributed by atoms with Crippen molar-refractivity contribution >= 4 is 17.3 Å². The number of nitrogens with one attached hydrogen (secondary N) is 2. The molecule has 5 heteroatoms. The van der Waals surface area contributed by atoms with E-state index in [0.717, 1.165) is 5.69 Å². The Morgan fingerprint density at radius 3 is 2.69 bits per heavy atom. The number of carbonyl (C=O) groups is 1. The highest BCUT2D eigenvalue weighted by Crippen LogP contribution is 2.18. The molecule has 0 bridgehead atoms. The van der Waals surface area contributed by atoms with Crippen molar-refractivity contribution in [2.75, 3.05) is 17.7 Å². The summed E-state index contributed by atoms with van der Waals surface area (Å²) < 4.78 is 5.17. The molecule has 26 heavy (non-hydrogen) atoms. The molecule has 3 aromatic rings. The number of pyridine rings is 1. The molecule has 0 aliphatic heterocycles. The van der Waals surface area contributed by atoms with Crippen LogP contribution in [0.4, 0.5) is 11.4 Å². The fraction of sp³-hybridized carbons (Fsp3) is 0.143. The average molecular weight is 347 g/mol. The molecule has 0 saturated carbocycles. The molecule has 0 aliphatic carbocycles. The Labute approximate surface area is 153 Å². The van der Waals surface area contributed by atoms with Crippen LogP contribution in [-0.2, 0) is 6.54 Å². The van der Waals surface area contributed by atoms with Gasteiger partial charge in [0.25, 0.3) is 5.91 Å². The molecule has 1 amide bonds. The first kappa shape index (κ1) is 17.5. The summed E-state index contributed by atoms with van der Waals surface area (Å²) in [6.07, 6.45) is 1.62. The van der Waals surface area contributed by atoms with Gasteiger partial charge >= 0.3 is 0 Å². The minimum atomic E-state index is -0.266. The van der Waals surface area contributed by atoms with Crippen LogP contribution in [0.5, 0.6) is 5.75 Å². The van der Waals surface area contributed by atoms with E-state index in [-0.39, 0.29) is 5.91 Å². The summed E-state index contributed by atoms with van der Waals surface area (Å²) in [7, 11) is 1.59. The van der Waals surface area contributed by atoms with E-state index in [0.29, 0.717) is 23.7 Å². The first-order valence-electron chi connectivity index (χ1n) is 8.35. The fourth-order valence-electron chi connectivity index (χ4n) is 2.59. The number of aryl methyl sites for hydroxylation is 1. The van der Waals surface area contributed by atoms with Gasteiger partial charge in [-0.05, 0) is 36.8 Å². The highest BCUT2D eigenvalue weighted by Gasteiger charge is 2.09. The molecule has 1 heterocycles. The number of ether oxygens (including phenoxy) is 1. The molecule has 0 atom stereocenters. The highest BCUT2D eigenvalue weighted by atomic mass is 16.5. The first-order chi connectivity index (χ1) is 12.6. The molecule has 2 N–H and O–H groups in total. The maximum absolute atomic E-state index is 12.4. The van der Waals surface area contributed by atoms with Gasteiger partial charge in [0, 0.05) is 30.2 Å². The quantitative estimate of drug-likeness (QED) is 0.699. The van der Waals surface area contributed by atoms with Gasteiger partial charge in [0.15, 0.2) is 0 Å². The Morgan fingerprint density at radius 2 is 1.88 bits per heavy atom. The second kappa shape index (κ2) is 8.16. The number of hydrogen-bond donors (Lipinski definition) is 2. The molecular formula is C21H21N3O2. The third-order valence-electron chi connectivity index (χ3n) is 3.90. The molecule has 3 rings (SSSR count). The van der Waals surface area contributed by atoms with Crippen molar-refractivity contribution in [3.05, 3.63) is 83.7 Å². The lowest BCUT2D eigenvalue weighted by Crippen LogP contribution is -2.14. The van der Waals surface area contributed by atoms with Crippen molar-refractivity contribution < 1.29 is 9.53 Å². The Kier molecular flexibility index (Phi) is 5.49. The smallest absolute Gasteiger partial charge is 0.274 e. The number of hydrogen-bond acceptors (Lipinski definition) is 4. The molecule has 0 spiro atoms. The summed E-state index contributed by atoms with van der Waals surface area (Å²) >= 11 is 0. The van der Waals surface area contributed by atoms with E-state index in [1.165, 1.54) is 11.1 Å². The SMILES string of the molecule is COc1cccc(NC(=O)c2cc(NCc3cccc(C)c3)ccn2)c1. The summed E-state index contributed by atoms with van der Waals surface area (Å²) in [5, 5.41) is 6.16. The number of methoxy groups -OCH3 is 1. The molecule has 132 valence electrons. The number of carbonyl (C=O) groups excluding carboxylic acids is 1. The minimum Gasteiger partial charge on any atom is -0.497 e. The van der Waals surface area contributed by atoms with Gasteiger partial charge in [-0.1, -0.05) is 35.9 Å². The van der Waals surface area contributed by atoms with Crippen LogP contribution in [0, 0.1) is 6.92 Å². The van der Waals surface area contributed by atoms with E-state index < -0.39 is 0 Å². The number of benzene rings is 2. The van der Waals surface area contributed by atoms with Crippen LogP contribution >= 0.6 is 0 Å². The van der Waals surface area contributed by atoms with Crippen LogP contribution < -0.4 is 15.4 Å². The molecule has 2 aromatic carbocycles. The van der Waals surface area contributed by atoms with E-state index >= 15 is 0 Å². The number of aromatic nitrogens is 1. The normalized spacial score (nSPS) is 10.2. The predicted molar refractivity (Wildman–Crippen MR) is 104 cm³/mol. The lowest BCUT2D eigenvalue weighted by Gasteiger charge is -2.09. The highest BCUT2D eigenvalue weighted by molar-refractivity contribution is 6.03. The molecule has 5 nitrogen and oxygen atoms in total. The molecule has 0 saturated heterocycles. The van der Waals surface area contributed by atoms with Gasteiger partial charge in [0.2, 0.25) is 0 Å². The van der Waals surface area contributed by atoms with Crippen LogP contribution in [0.3, 0.4) is 0 Å². The number of rotatable bonds is 6. The Morgan fingerprint density at radius 1 is 1.04 bits per heavy atom. The van der Waals surface area contributed by atoms with Gasteiger partial charge in [-0.3, -0.25) is 9.78 Å². The van der Waals surface area contributed by atoms with Crippen LogP contribution in [0.1, 0.15) is 21.6 Å². The number of anilines is 2. The standard InChI is InChI=1S/C21H21N3O2/c1-15-5-3-6-16(11-15)14-23-17-9-10-22-20(13-17)21(25)24-18-7-4-8-19(12-18)26-2/h3-13H,14H2,1-2H3,(H,22,23)(H,24,25). The van der Waals surface area contributed by atoms with E-state index in [4.69, 9.17) is 4.74 Å². The van der Waals surface area contributed by atoms with E-state index in [2.05, 4.69) is 40.7 Å². The van der Waals surface area contributed by atoms with Gasteiger partial charge in [-0.2, -0.15) is 0 Å². The fourth-order valence-corrected chi connectivity index (χ4v) is 2.59. The van der Waals surface area contributed by atoms with Crippen molar-refractivity contribution in [3.8, 4) is 5.75 Å². The molecular weight excluding hydrogens is 326 g/mol. The maximum Gasteiger partial charge on any atom is 0.274 e. The van der Waals surface area contributed by atoms with Gasteiger partial charge in [-0.15, -0.1) is 0 Å². The van der Waals surface area contributed by atoms with Gasteiger partial charge in [0.1, 0.15) is 11.4 Å². The van der Waals surface area contributed by atoms with E-state index in [1.807, 2.05) is 24.3 Å². The molecule has 1 aromatic heterocycles. The van der Waals surface area contributed by atoms with Crippen LogP contribution in [0.25, 0.3) is 0 Å². The lowest BCUT2D eigenvalue weighted by molar-refractivity contribution is 0.102. The lowest BCUT2D eigenvalue weighted by atomic mass is 10.1. The van der Waals surface area contributed by atoms with Crippen molar-refractivity contribution in [2.24, 2.45) is 0 Å². The molecule has 0 fully saturated rings. The van der Waals surface area contributed by atoms with Crippen LogP contribution in [-0.4, -0.2) is 18.0 Å². The Hall–Kier alpha value is -3.34. The topological polar surface area (TPSA) is 63.2 Å². The summed E-state index contributed by atoms with van der Waals surface area (Å²) in [4.78, 5) is 16.6. The molecule has 0 unspecified atom stereocenters. The zero-order valence-corrected chi connectivity index (χ0v) is 14.8. The second-order valence-electron chi connectivity index (χ2n) is 5.96. The maximum atomic E-state index is 12.4. The van der Waals surface area contributed by atoms with Crippen molar-refractivity contribution in [2.45, 2.75) is 13.5 Å². The molecule has 0 aliphatic rings. The summed E-state index contributed by atoms with van der Waals surface area (Å²) in [6, 6.07) is 19.1. The summed E-state index contributed by atoms with van der Waals surface area (Å²) in [6.45, 7) is 2.75.